The minimum atomic E-state index is 0.437. The summed E-state index contributed by atoms with van der Waals surface area (Å²) < 4.78 is 0. The normalized spacial score (nSPS) is 16.0. The summed E-state index contributed by atoms with van der Waals surface area (Å²) in [5.74, 6) is 0. The fraction of sp³-hybridized carbons (Fsp3) is 0.381. The molecule has 1 saturated heterocycles. The van der Waals surface area contributed by atoms with Gasteiger partial charge in [0.25, 0.3) is 0 Å². The summed E-state index contributed by atoms with van der Waals surface area (Å²) in [4.78, 5) is 2.59. The van der Waals surface area contributed by atoms with Crippen LogP contribution in [0.5, 0.6) is 0 Å². The predicted molar refractivity (Wildman–Crippen MR) is 97.6 cm³/mol. The van der Waals surface area contributed by atoms with Gasteiger partial charge in [-0.3, -0.25) is 4.90 Å². The Morgan fingerprint density at radius 2 is 1.71 bits per heavy atom. The van der Waals surface area contributed by atoms with Crippen LogP contribution in [0.1, 0.15) is 41.1 Å². The molecule has 1 unspecified atom stereocenters. The van der Waals surface area contributed by atoms with Gasteiger partial charge >= 0.3 is 0 Å². The molecule has 0 aliphatic carbocycles. The quantitative estimate of drug-likeness (QED) is 0.880. The van der Waals surface area contributed by atoms with Gasteiger partial charge in [0.05, 0.1) is 11.6 Å². The van der Waals surface area contributed by atoms with Crippen LogP contribution in [-0.4, -0.2) is 24.5 Å². The molecule has 0 saturated carbocycles. The number of nitriles is 1. The Kier molecular flexibility index (Phi) is 5.63. The maximum atomic E-state index is 8.87. The Morgan fingerprint density at radius 1 is 1.04 bits per heavy atom. The number of aryl methyl sites for hydroxylation is 1. The Hall–Kier alpha value is -2.15. The molecular formula is C21H25N3. The molecule has 3 rings (SSSR count). The molecule has 3 heteroatoms. The molecule has 0 bridgehead atoms. The van der Waals surface area contributed by atoms with E-state index in [4.69, 9.17) is 5.26 Å². The Labute approximate surface area is 144 Å². The first-order valence-corrected chi connectivity index (χ1v) is 8.76. The van der Waals surface area contributed by atoms with Crippen molar-refractivity contribution in [1.82, 2.24) is 10.2 Å². The van der Waals surface area contributed by atoms with E-state index in [1.807, 2.05) is 24.3 Å². The summed E-state index contributed by atoms with van der Waals surface area (Å²) in [6.45, 7) is 6.30. The third-order valence-electron chi connectivity index (χ3n) is 4.79. The van der Waals surface area contributed by atoms with Crippen molar-refractivity contribution in [1.29, 1.82) is 5.26 Å². The highest BCUT2D eigenvalue weighted by Gasteiger charge is 2.22. The minimum Gasteiger partial charge on any atom is -0.311 e. The second kappa shape index (κ2) is 8.10. The van der Waals surface area contributed by atoms with Crippen LogP contribution in [0.2, 0.25) is 0 Å². The number of nitrogens with zero attached hydrogens (tertiary/aromatic N) is 2. The molecule has 1 fully saturated rings. The van der Waals surface area contributed by atoms with Gasteiger partial charge in [0.15, 0.2) is 0 Å². The maximum Gasteiger partial charge on any atom is 0.0991 e. The van der Waals surface area contributed by atoms with Gasteiger partial charge in [0.2, 0.25) is 0 Å². The van der Waals surface area contributed by atoms with Crippen LogP contribution < -0.4 is 5.32 Å². The van der Waals surface area contributed by atoms with Crippen LogP contribution in [0.4, 0.5) is 0 Å². The number of hydrogen-bond donors (Lipinski definition) is 1. The molecule has 3 nitrogen and oxygen atoms in total. The van der Waals surface area contributed by atoms with Crippen molar-refractivity contribution in [2.75, 3.05) is 19.6 Å². The van der Waals surface area contributed by atoms with Gasteiger partial charge in [-0.05, 0) is 56.1 Å². The minimum absolute atomic E-state index is 0.437. The zero-order valence-electron chi connectivity index (χ0n) is 14.3. The first kappa shape index (κ1) is 16.7. The highest BCUT2D eigenvalue weighted by molar-refractivity contribution is 5.31. The summed E-state index contributed by atoms with van der Waals surface area (Å²) in [5.41, 5.74) is 4.64. The van der Waals surface area contributed by atoms with E-state index in [0.29, 0.717) is 11.6 Å². The molecule has 124 valence electrons. The highest BCUT2D eigenvalue weighted by Crippen LogP contribution is 2.25. The first-order valence-electron chi connectivity index (χ1n) is 8.76. The van der Waals surface area contributed by atoms with E-state index < -0.39 is 0 Å². The molecule has 1 atom stereocenters. The predicted octanol–water partition coefficient (Wildman–Crippen LogP) is 3.79. The molecule has 24 heavy (non-hydrogen) atoms. The second-order valence-electron chi connectivity index (χ2n) is 6.61. The van der Waals surface area contributed by atoms with Gasteiger partial charge < -0.3 is 5.32 Å². The van der Waals surface area contributed by atoms with Gasteiger partial charge in [0.1, 0.15) is 0 Å². The fourth-order valence-electron chi connectivity index (χ4n) is 3.35. The summed E-state index contributed by atoms with van der Waals surface area (Å²) in [5, 5.41) is 12.5. The SMILES string of the molecule is Cc1ccc(C(CNCc2ccc(C#N)cc2)N2CCCC2)cc1. The summed E-state index contributed by atoms with van der Waals surface area (Å²) in [7, 11) is 0. The van der Waals surface area contributed by atoms with E-state index in [1.54, 1.807) is 0 Å². The van der Waals surface area contributed by atoms with Crippen LogP contribution >= 0.6 is 0 Å². The van der Waals surface area contributed by atoms with Gasteiger partial charge in [-0.25, -0.2) is 0 Å². The number of hydrogen-bond acceptors (Lipinski definition) is 3. The van der Waals surface area contributed by atoms with Crippen molar-refractivity contribution in [3.8, 4) is 6.07 Å². The Balaban J connectivity index is 1.63. The topological polar surface area (TPSA) is 39.1 Å². The van der Waals surface area contributed by atoms with Crippen LogP contribution in [0.15, 0.2) is 48.5 Å². The average molecular weight is 319 g/mol. The van der Waals surface area contributed by atoms with Gasteiger partial charge in [-0.2, -0.15) is 5.26 Å². The lowest BCUT2D eigenvalue weighted by molar-refractivity contribution is 0.238. The van der Waals surface area contributed by atoms with Crippen molar-refractivity contribution in [3.63, 3.8) is 0 Å². The summed E-state index contributed by atoms with van der Waals surface area (Å²) in [6.07, 6.45) is 2.61. The average Bonchev–Trinajstić information content (AvgIpc) is 3.15. The monoisotopic (exact) mass is 319 g/mol. The largest absolute Gasteiger partial charge is 0.311 e. The smallest absolute Gasteiger partial charge is 0.0991 e. The van der Waals surface area contributed by atoms with Crippen molar-refractivity contribution < 1.29 is 0 Å². The van der Waals surface area contributed by atoms with Crippen molar-refractivity contribution in [2.24, 2.45) is 0 Å². The van der Waals surface area contributed by atoms with E-state index in [1.165, 1.54) is 42.6 Å². The van der Waals surface area contributed by atoms with E-state index >= 15 is 0 Å². The van der Waals surface area contributed by atoms with Crippen LogP contribution in [0.25, 0.3) is 0 Å². The molecule has 0 aromatic heterocycles. The molecule has 2 aromatic rings. The van der Waals surface area contributed by atoms with Crippen molar-refractivity contribution >= 4 is 0 Å². The molecule has 2 aromatic carbocycles. The maximum absolute atomic E-state index is 8.87. The second-order valence-corrected chi connectivity index (χ2v) is 6.61. The van der Waals surface area contributed by atoms with Crippen molar-refractivity contribution in [3.05, 3.63) is 70.8 Å². The number of nitrogens with one attached hydrogen (secondary N) is 1. The highest BCUT2D eigenvalue weighted by atomic mass is 15.2. The number of rotatable bonds is 6. The lowest BCUT2D eigenvalue weighted by Crippen LogP contribution is -2.34. The first-order chi connectivity index (χ1) is 11.8. The lowest BCUT2D eigenvalue weighted by atomic mass is 10.0. The van der Waals surface area contributed by atoms with Crippen LogP contribution in [0, 0.1) is 18.3 Å². The number of benzene rings is 2. The molecule has 1 aliphatic heterocycles. The van der Waals surface area contributed by atoms with Crippen LogP contribution in [-0.2, 0) is 6.54 Å². The third-order valence-corrected chi connectivity index (χ3v) is 4.79. The van der Waals surface area contributed by atoms with Crippen LogP contribution in [0.3, 0.4) is 0 Å². The molecule has 1 heterocycles. The van der Waals surface area contributed by atoms with Crippen molar-refractivity contribution in [2.45, 2.75) is 32.4 Å². The third kappa shape index (κ3) is 4.23. The summed E-state index contributed by atoms with van der Waals surface area (Å²) >= 11 is 0. The zero-order chi connectivity index (χ0) is 16.8. The van der Waals surface area contributed by atoms with E-state index in [-0.39, 0.29) is 0 Å². The lowest BCUT2D eigenvalue weighted by Gasteiger charge is -2.28. The molecule has 0 spiro atoms. The molecule has 1 N–H and O–H groups in total. The standard InChI is InChI=1S/C21H25N3/c1-17-4-10-20(11-5-17)21(24-12-2-3-13-24)16-23-15-19-8-6-18(14-22)7-9-19/h4-11,21,23H,2-3,12-13,15-16H2,1H3. The zero-order valence-corrected chi connectivity index (χ0v) is 14.3. The molecule has 1 aliphatic rings. The van der Waals surface area contributed by atoms with E-state index in [2.05, 4.69) is 47.5 Å². The van der Waals surface area contributed by atoms with Gasteiger partial charge in [0, 0.05) is 19.1 Å². The Morgan fingerprint density at radius 3 is 2.33 bits per heavy atom. The number of likely N-dealkylation sites (tertiary alicyclic amines) is 1. The fourth-order valence-corrected chi connectivity index (χ4v) is 3.35. The Bertz CT molecular complexity index is 677. The van der Waals surface area contributed by atoms with E-state index in [0.717, 1.165) is 13.1 Å². The van der Waals surface area contributed by atoms with Gasteiger partial charge in [-0.1, -0.05) is 42.0 Å². The summed E-state index contributed by atoms with van der Waals surface area (Å²) in [6, 6.07) is 19.4. The van der Waals surface area contributed by atoms with Gasteiger partial charge in [-0.15, -0.1) is 0 Å². The van der Waals surface area contributed by atoms with E-state index in [9.17, 15) is 0 Å². The molecule has 0 amide bonds. The molecule has 0 radical (unpaired) electrons. The molecular weight excluding hydrogens is 294 g/mol.